The number of carboxylic acids is 1. The number of hydrogen-bond donors (Lipinski definition) is 1. The average molecular weight is 233 g/mol. The Morgan fingerprint density at radius 1 is 1.47 bits per heavy atom. The van der Waals surface area contributed by atoms with Crippen molar-refractivity contribution in [3.8, 4) is 11.8 Å². The Balaban J connectivity index is 3.60. The van der Waals surface area contributed by atoms with E-state index in [0.717, 1.165) is 11.1 Å². The van der Waals surface area contributed by atoms with Crippen LogP contribution in [0.1, 0.15) is 23.6 Å². The van der Waals surface area contributed by atoms with Crippen LogP contribution in [0.2, 0.25) is 0 Å². The molecule has 1 aromatic rings. The third kappa shape index (κ3) is 2.09. The molecule has 0 saturated heterocycles. The largest absolute Gasteiger partial charge is 0.496 e. The molecular formula is C13H15NO3. The molecule has 0 fully saturated rings. The van der Waals surface area contributed by atoms with E-state index in [1.54, 1.807) is 6.07 Å². The molecule has 0 spiro atoms. The topological polar surface area (TPSA) is 70.3 Å². The number of aliphatic carboxylic acids is 1. The van der Waals surface area contributed by atoms with Gasteiger partial charge in [-0.05, 0) is 26.3 Å². The number of benzene rings is 1. The lowest BCUT2D eigenvalue weighted by atomic mass is 9.82. The highest BCUT2D eigenvalue weighted by Gasteiger charge is 2.38. The standard InChI is InChI=1S/C13H15NO3/c1-8-5-9(2)11(17-4)10(6-8)13(3,7-14)12(15)16/h5-6H,1-4H3,(H,15,16). The van der Waals surface area contributed by atoms with Crippen molar-refractivity contribution in [1.82, 2.24) is 0 Å². The first kappa shape index (κ1) is 13.0. The van der Waals surface area contributed by atoms with Gasteiger partial charge in [-0.15, -0.1) is 0 Å². The van der Waals surface area contributed by atoms with Crippen LogP contribution < -0.4 is 4.74 Å². The summed E-state index contributed by atoms with van der Waals surface area (Å²) in [6.45, 7) is 5.07. The number of rotatable bonds is 3. The maximum absolute atomic E-state index is 11.3. The van der Waals surface area contributed by atoms with Gasteiger partial charge in [0, 0.05) is 5.56 Å². The summed E-state index contributed by atoms with van der Waals surface area (Å²) in [5, 5.41) is 18.3. The van der Waals surface area contributed by atoms with Crippen molar-refractivity contribution in [1.29, 1.82) is 5.26 Å². The molecule has 1 aromatic carbocycles. The minimum atomic E-state index is -1.60. The van der Waals surface area contributed by atoms with Crippen LogP contribution in [-0.2, 0) is 10.2 Å². The molecule has 0 bridgehead atoms. The molecule has 1 rings (SSSR count). The van der Waals surface area contributed by atoms with E-state index in [9.17, 15) is 9.90 Å². The smallest absolute Gasteiger partial charge is 0.328 e. The highest BCUT2D eigenvalue weighted by molar-refractivity contribution is 5.86. The lowest BCUT2D eigenvalue weighted by Crippen LogP contribution is -2.31. The zero-order chi connectivity index (χ0) is 13.2. The second-order valence-electron chi connectivity index (χ2n) is 4.20. The molecule has 17 heavy (non-hydrogen) atoms. The zero-order valence-electron chi connectivity index (χ0n) is 10.4. The fraction of sp³-hybridized carbons (Fsp3) is 0.385. The van der Waals surface area contributed by atoms with E-state index in [0.29, 0.717) is 11.3 Å². The second-order valence-corrected chi connectivity index (χ2v) is 4.20. The van der Waals surface area contributed by atoms with Crippen LogP contribution in [-0.4, -0.2) is 18.2 Å². The van der Waals surface area contributed by atoms with Crippen molar-refractivity contribution in [2.24, 2.45) is 0 Å². The highest BCUT2D eigenvalue weighted by Crippen LogP contribution is 2.35. The summed E-state index contributed by atoms with van der Waals surface area (Å²) in [5.74, 6) is -0.717. The van der Waals surface area contributed by atoms with Crippen LogP contribution in [0.3, 0.4) is 0 Å². The van der Waals surface area contributed by atoms with Crippen molar-refractivity contribution in [3.63, 3.8) is 0 Å². The van der Waals surface area contributed by atoms with Crippen molar-refractivity contribution in [3.05, 3.63) is 28.8 Å². The molecule has 0 aliphatic rings. The lowest BCUT2D eigenvalue weighted by molar-refractivity contribution is -0.141. The molecule has 0 saturated carbocycles. The van der Waals surface area contributed by atoms with E-state index in [1.165, 1.54) is 14.0 Å². The van der Waals surface area contributed by atoms with Gasteiger partial charge in [0.1, 0.15) is 5.75 Å². The number of nitrogens with zero attached hydrogens (tertiary/aromatic N) is 1. The Kier molecular flexibility index (Phi) is 3.42. The summed E-state index contributed by atoms with van der Waals surface area (Å²) >= 11 is 0. The zero-order valence-corrected chi connectivity index (χ0v) is 10.4. The number of ether oxygens (including phenoxy) is 1. The monoisotopic (exact) mass is 233 g/mol. The highest BCUT2D eigenvalue weighted by atomic mass is 16.5. The summed E-state index contributed by atoms with van der Waals surface area (Å²) in [6.07, 6.45) is 0. The molecule has 4 heteroatoms. The molecule has 4 nitrogen and oxygen atoms in total. The minimum absolute atomic E-state index is 0.396. The molecule has 1 unspecified atom stereocenters. The van der Waals surface area contributed by atoms with E-state index in [-0.39, 0.29) is 0 Å². The summed E-state index contributed by atoms with van der Waals surface area (Å²) in [4.78, 5) is 11.3. The Morgan fingerprint density at radius 2 is 2.06 bits per heavy atom. The molecule has 1 N–H and O–H groups in total. The third-order valence-electron chi connectivity index (χ3n) is 2.81. The fourth-order valence-corrected chi connectivity index (χ4v) is 1.82. The minimum Gasteiger partial charge on any atom is -0.496 e. The van der Waals surface area contributed by atoms with Gasteiger partial charge in [-0.1, -0.05) is 17.7 Å². The maximum atomic E-state index is 11.3. The normalized spacial score (nSPS) is 13.6. The molecule has 0 radical (unpaired) electrons. The SMILES string of the molecule is COc1c(C)cc(C)cc1C(C)(C#N)C(=O)O. The molecule has 0 aliphatic carbocycles. The van der Waals surface area contributed by atoms with Gasteiger partial charge in [-0.2, -0.15) is 5.26 Å². The van der Waals surface area contributed by atoms with Gasteiger partial charge in [-0.25, -0.2) is 0 Å². The van der Waals surface area contributed by atoms with Gasteiger partial charge in [0.15, 0.2) is 5.41 Å². The van der Waals surface area contributed by atoms with Gasteiger partial charge in [-0.3, -0.25) is 4.79 Å². The number of nitriles is 1. The Hall–Kier alpha value is -2.02. The predicted molar refractivity (Wildman–Crippen MR) is 63.1 cm³/mol. The van der Waals surface area contributed by atoms with Crippen molar-refractivity contribution in [2.75, 3.05) is 7.11 Å². The summed E-state index contributed by atoms with van der Waals surface area (Å²) < 4.78 is 5.21. The van der Waals surface area contributed by atoms with Crippen LogP contribution in [0.15, 0.2) is 12.1 Å². The van der Waals surface area contributed by atoms with Crippen LogP contribution in [0.4, 0.5) is 0 Å². The summed E-state index contributed by atoms with van der Waals surface area (Å²) in [5.41, 5.74) is 0.529. The Bertz CT molecular complexity index is 502. The van der Waals surface area contributed by atoms with Crippen molar-refractivity contribution < 1.29 is 14.6 Å². The maximum Gasteiger partial charge on any atom is 0.328 e. The molecule has 0 heterocycles. The van der Waals surface area contributed by atoms with Gasteiger partial charge < -0.3 is 9.84 Å². The fourth-order valence-electron chi connectivity index (χ4n) is 1.82. The molecule has 90 valence electrons. The summed E-state index contributed by atoms with van der Waals surface area (Å²) in [7, 11) is 1.47. The van der Waals surface area contributed by atoms with Crippen LogP contribution in [0.25, 0.3) is 0 Å². The van der Waals surface area contributed by atoms with Crippen LogP contribution in [0, 0.1) is 25.2 Å². The number of methoxy groups -OCH3 is 1. The Morgan fingerprint density at radius 3 is 2.47 bits per heavy atom. The number of carboxylic acid groups (broad SMARTS) is 1. The van der Waals surface area contributed by atoms with Crippen molar-refractivity contribution in [2.45, 2.75) is 26.2 Å². The molecular weight excluding hydrogens is 218 g/mol. The van der Waals surface area contributed by atoms with Gasteiger partial charge in [0.25, 0.3) is 0 Å². The first-order valence-electron chi connectivity index (χ1n) is 5.17. The van der Waals surface area contributed by atoms with E-state index < -0.39 is 11.4 Å². The second kappa shape index (κ2) is 4.46. The quantitative estimate of drug-likeness (QED) is 0.868. The van der Waals surface area contributed by atoms with Crippen LogP contribution >= 0.6 is 0 Å². The predicted octanol–water partition coefficient (Wildman–Crippen LogP) is 2.18. The first-order valence-corrected chi connectivity index (χ1v) is 5.17. The molecule has 0 amide bonds. The van der Waals surface area contributed by atoms with E-state index >= 15 is 0 Å². The average Bonchev–Trinajstić information content (AvgIpc) is 2.26. The van der Waals surface area contributed by atoms with Crippen molar-refractivity contribution >= 4 is 5.97 Å². The van der Waals surface area contributed by atoms with Gasteiger partial charge in [0.05, 0.1) is 13.2 Å². The van der Waals surface area contributed by atoms with Crippen LogP contribution in [0.5, 0.6) is 5.75 Å². The van der Waals surface area contributed by atoms with Gasteiger partial charge in [0.2, 0.25) is 0 Å². The molecule has 0 aliphatic heterocycles. The number of carbonyl (C=O) groups is 1. The number of hydrogen-bond acceptors (Lipinski definition) is 3. The molecule has 1 atom stereocenters. The summed E-state index contributed by atoms with van der Waals surface area (Å²) in [6, 6.07) is 5.42. The third-order valence-corrected chi connectivity index (χ3v) is 2.81. The first-order chi connectivity index (χ1) is 7.86. The van der Waals surface area contributed by atoms with Gasteiger partial charge >= 0.3 is 5.97 Å². The molecule has 0 aromatic heterocycles. The Labute approximate surface area is 100 Å². The van der Waals surface area contributed by atoms with E-state index in [2.05, 4.69) is 0 Å². The number of aryl methyl sites for hydroxylation is 2. The lowest BCUT2D eigenvalue weighted by Gasteiger charge is -2.21. The van der Waals surface area contributed by atoms with E-state index in [4.69, 9.17) is 10.00 Å². The van der Waals surface area contributed by atoms with E-state index in [1.807, 2.05) is 26.0 Å².